The first-order valence-corrected chi connectivity index (χ1v) is 9.01. The summed E-state index contributed by atoms with van der Waals surface area (Å²) in [4.78, 5) is 25.2. The van der Waals surface area contributed by atoms with Gasteiger partial charge in [0.15, 0.2) is 5.57 Å². The molecule has 2 rings (SSSR count). The fourth-order valence-corrected chi connectivity index (χ4v) is 3.03. The zero-order valence-corrected chi connectivity index (χ0v) is 15.6. The molecular formula is C16H20N2O7S. The minimum absolute atomic E-state index is 0.248. The van der Waals surface area contributed by atoms with E-state index < -0.39 is 27.8 Å². The molecule has 0 aliphatic carbocycles. The predicted octanol–water partition coefficient (Wildman–Crippen LogP) is 1.13. The van der Waals surface area contributed by atoms with Crippen molar-refractivity contribution in [3.05, 3.63) is 35.5 Å². The Morgan fingerprint density at radius 1 is 1.19 bits per heavy atom. The molecule has 1 heterocycles. The minimum atomic E-state index is -4.45. The number of benzene rings is 1. The monoisotopic (exact) mass is 384 g/mol. The smallest absolute Gasteiger partial charge is 0.350 e. The van der Waals surface area contributed by atoms with Gasteiger partial charge in [0.2, 0.25) is 0 Å². The van der Waals surface area contributed by atoms with E-state index in [9.17, 15) is 22.6 Å². The molecule has 0 unspecified atom stereocenters. The molecular weight excluding hydrogens is 364 g/mol. The Hall–Kier alpha value is -2.43. The van der Waals surface area contributed by atoms with Crippen molar-refractivity contribution in [3.8, 4) is 0 Å². The molecule has 0 atom stereocenters. The van der Waals surface area contributed by atoms with Crippen LogP contribution >= 0.6 is 0 Å². The Kier molecular flexibility index (Phi) is 5.40. The number of carbonyl (C=O) groups excluding carboxylic acids is 2. The molecule has 1 aromatic rings. The lowest BCUT2D eigenvalue weighted by atomic mass is 10.2. The lowest BCUT2D eigenvalue weighted by Gasteiger charge is -2.29. The van der Waals surface area contributed by atoms with Gasteiger partial charge in [0.05, 0.1) is 0 Å². The number of cyclic esters (lactones) is 2. The Balaban J connectivity index is 2.30. The Bertz CT molecular complexity index is 851. The molecule has 0 saturated carbocycles. The zero-order chi connectivity index (χ0) is 19.7. The molecule has 1 fully saturated rings. The van der Waals surface area contributed by atoms with E-state index in [2.05, 4.69) is 5.32 Å². The van der Waals surface area contributed by atoms with Gasteiger partial charge >= 0.3 is 11.9 Å². The fourth-order valence-electron chi connectivity index (χ4n) is 2.29. The third-order valence-electron chi connectivity index (χ3n) is 3.33. The van der Waals surface area contributed by atoms with Crippen LogP contribution in [-0.4, -0.2) is 49.7 Å². The van der Waals surface area contributed by atoms with Gasteiger partial charge in [0, 0.05) is 32.3 Å². The molecule has 26 heavy (non-hydrogen) atoms. The van der Waals surface area contributed by atoms with Gasteiger partial charge < -0.3 is 19.7 Å². The molecule has 0 radical (unpaired) electrons. The molecule has 0 aromatic heterocycles. The summed E-state index contributed by atoms with van der Waals surface area (Å²) in [6.07, 6.45) is 1.06. The Labute approximate surface area is 151 Å². The van der Waals surface area contributed by atoms with Gasteiger partial charge in [-0.2, -0.15) is 8.42 Å². The number of carbonyl (C=O) groups is 2. The highest BCUT2D eigenvalue weighted by molar-refractivity contribution is 7.85. The molecule has 1 aliphatic heterocycles. The van der Waals surface area contributed by atoms with Crippen LogP contribution in [0, 0.1) is 0 Å². The van der Waals surface area contributed by atoms with Crippen molar-refractivity contribution >= 4 is 27.7 Å². The maximum absolute atomic E-state index is 11.9. The molecule has 0 spiro atoms. The number of hydrogen-bond donors (Lipinski definition) is 2. The molecule has 142 valence electrons. The van der Waals surface area contributed by atoms with Crippen molar-refractivity contribution in [1.29, 1.82) is 0 Å². The summed E-state index contributed by atoms with van der Waals surface area (Å²) < 4.78 is 42.6. The van der Waals surface area contributed by atoms with Gasteiger partial charge in [-0.05, 0) is 31.8 Å². The van der Waals surface area contributed by atoms with Crippen molar-refractivity contribution in [2.24, 2.45) is 0 Å². The minimum Gasteiger partial charge on any atom is -0.419 e. The molecule has 0 amide bonds. The topological polar surface area (TPSA) is 122 Å². The second-order valence-corrected chi connectivity index (χ2v) is 7.81. The average molecular weight is 384 g/mol. The van der Waals surface area contributed by atoms with Crippen LogP contribution < -0.4 is 5.32 Å². The van der Waals surface area contributed by atoms with E-state index in [0.29, 0.717) is 12.1 Å². The first-order valence-electron chi connectivity index (χ1n) is 7.57. The van der Waals surface area contributed by atoms with E-state index in [1.54, 1.807) is 25.1 Å². The van der Waals surface area contributed by atoms with Gasteiger partial charge in [-0.1, -0.05) is 6.07 Å². The summed E-state index contributed by atoms with van der Waals surface area (Å²) in [5.74, 6) is -3.08. The van der Waals surface area contributed by atoms with Crippen LogP contribution in [0.15, 0.2) is 34.9 Å². The van der Waals surface area contributed by atoms with Gasteiger partial charge in [-0.25, -0.2) is 9.59 Å². The quantitative estimate of drug-likeness (QED) is 0.333. The van der Waals surface area contributed by atoms with E-state index >= 15 is 0 Å². The first kappa shape index (κ1) is 19.9. The van der Waals surface area contributed by atoms with E-state index in [-0.39, 0.29) is 16.2 Å². The van der Waals surface area contributed by atoms with Gasteiger partial charge in [-0.3, -0.25) is 4.55 Å². The molecule has 1 aromatic carbocycles. The van der Waals surface area contributed by atoms with E-state index in [4.69, 9.17) is 9.47 Å². The highest BCUT2D eigenvalue weighted by atomic mass is 32.2. The SMILES string of the molecule is CN(C)Cc1ccc(NC=C2C(=O)OC(C)(C)OC2=O)cc1S(=O)(=O)O. The lowest BCUT2D eigenvalue weighted by molar-refractivity contribution is -0.222. The van der Waals surface area contributed by atoms with Crippen molar-refractivity contribution in [2.75, 3.05) is 19.4 Å². The van der Waals surface area contributed by atoms with Gasteiger partial charge in [0.25, 0.3) is 15.9 Å². The Morgan fingerprint density at radius 3 is 2.27 bits per heavy atom. The standard InChI is InChI=1S/C16H20N2O7S/c1-16(2)24-14(19)12(15(20)25-16)8-17-11-6-5-10(9-18(3)4)13(7-11)26(21,22)23/h5-8,17H,9H2,1-4H3,(H,21,22,23). The summed E-state index contributed by atoms with van der Waals surface area (Å²) in [5, 5.41) is 2.64. The fraction of sp³-hybridized carbons (Fsp3) is 0.375. The number of nitrogens with zero attached hydrogens (tertiary/aromatic N) is 1. The number of ether oxygens (including phenoxy) is 2. The zero-order valence-electron chi connectivity index (χ0n) is 14.8. The molecule has 0 bridgehead atoms. The maximum atomic E-state index is 11.9. The summed E-state index contributed by atoms with van der Waals surface area (Å²) in [6, 6.07) is 4.27. The molecule has 1 saturated heterocycles. The van der Waals surface area contributed by atoms with Crippen LogP contribution in [0.2, 0.25) is 0 Å². The largest absolute Gasteiger partial charge is 0.419 e. The molecule has 2 N–H and O–H groups in total. The summed E-state index contributed by atoms with van der Waals surface area (Å²) >= 11 is 0. The number of rotatable bonds is 5. The van der Waals surface area contributed by atoms with Crippen LogP contribution in [0.3, 0.4) is 0 Å². The van der Waals surface area contributed by atoms with Crippen LogP contribution in [0.4, 0.5) is 5.69 Å². The first-order chi connectivity index (χ1) is 11.9. The molecule has 9 nitrogen and oxygen atoms in total. The second kappa shape index (κ2) is 7.06. The maximum Gasteiger partial charge on any atom is 0.350 e. The highest BCUT2D eigenvalue weighted by Gasteiger charge is 2.38. The average Bonchev–Trinajstić information content (AvgIpc) is 2.44. The summed E-state index contributed by atoms with van der Waals surface area (Å²) in [7, 11) is -0.940. The lowest BCUT2D eigenvalue weighted by Crippen LogP contribution is -2.42. The highest BCUT2D eigenvalue weighted by Crippen LogP contribution is 2.24. The van der Waals surface area contributed by atoms with E-state index in [1.165, 1.54) is 26.0 Å². The van der Waals surface area contributed by atoms with Crippen molar-refractivity contribution in [2.45, 2.75) is 31.1 Å². The number of nitrogens with one attached hydrogen (secondary N) is 1. The van der Waals surface area contributed by atoms with Crippen LogP contribution in [0.1, 0.15) is 19.4 Å². The number of hydrogen-bond acceptors (Lipinski definition) is 8. The number of anilines is 1. The third kappa shape index (κ3) is 4.81. The third-order valence-corrected chi connectivity index (χ3v) is 4.27. The van der Waals surface area contributed by atoms with Crippen LogP contribution in [-0.2, 0) is 35.7 Å². The Morgan fingerprint density at radius 2 is 1.77 bits per heavy atom. The predicted molar refractivity (Wildman–Crippen MR) is 91.6 cm³/mol. The van der Waals surface area contributed by atoms with Crippen molar-refractivity contribution in [1.82, 2.24) is 4.90 Å². The van der Waals surface area contributed by atoms with Gasteiger partial charge in [0.1, 0.15) is 4.90 Å². The molecule has 10 heteroatoms. The van der Waals surface area contributed by atoms with Crippen molar-refractivity contribution < 1.29 is 32.0 Å². The molecule has 1 aliphatic rings. The second-order valence-electron chi connectivity index (χ2n) is 6.42. The van der Waals surface area contributed by atoms with Crippen LogP contribution in [0.5, 0.6) is 0 Å². The normalized spacial score (nSPS) is 16.9. The van der Waals surface area contributed by atoms with E-state index in [1.807, 2.05) is 0 Å². The van der Waals surface area contributed by atoms with E-state index in [0.717, 1.165) is 6.20 Å². The summed E-state index contributed by atoms with van der Waals surface area (Å²) in [5.41, 5.74) is 0.280. The van der Waals surface area contributed by atoms with Crippen LogP contribution in [0.25, 0.3) is 0 Å². The number of esters is 2. The van der Waals surface area contributed by atoms with Gasteiger partial charge in [-0.15, -0.1) is 0 Å². The summed E-state index contributed by atoms with van der Waals surface area (Å²) in [6.45, 7) is 3.15. The van der Waals surface area contributed by atoms with Crippen molar-refractivity contribution in [3.63, 3.8) is 0 Å².